The van der Waals surface area contributed by atoms with Gasteiger partial charge in [-0.3, -0.25) is 5.10 Å². The lowest BCUT2D eigenvalue weighted by molar-refractivity contribution is 0.384. The zero-order chi connectivity index (χ0) is 17.3. The third-order valence-electron chi connectivity index (χ3n) is 4.61. The van der Waals surface area contributed by atoms with Gasteiger partial charge in [0.15, 0.2) is 0 Å². The first kappa shape index (κ1) is 17.0. The van der Waals surface area contributed by atoms with Crippen molar-refractivity contribution in [2.75, 3.05) is 31.1 Å². The number of anilines is 1. The second kappa shape index (κ2) is 6.57. The van der Waals surface area contributed by atoms with Crippen molar-refractivity contribution >= 4 is 15.7 Å². The van der Waals surface area contributed by atoms with Crippen LogP contribution in [0.25, 0.3) is 0 Å². The predicted octanol–water partition coefficient (Wildman–Crippen LogP) is 2.10. The van der Waals surface area contributed by atoms with E-state index in [1.54, 1.807) is 18.2 Å². The first-order valence-corrected chi connectivity index (χ1v) is 9.73. The molecule has 2 heterocycles. The van der Waals surface area contributed by atoms with Gasteiger partial charge in [-0.05, 0) is 31.9 Å². The highest BCUT2D eigenvalue weighted by Crippen LogP contribution is 2.26. The molecule has 0 bridgehead atoms. The standard InChI is InChI=1S/C17H24N4O2S/c1-4-15-7-5-6-8-16(15)20-9-11-21(12-10-20)24(22,23)17-13(2)18-19-14(17)3/h5-8H,4,9-12H2,1-3H3,(H,18,19). The molecule has 0 radical (unpaired) electrons. The molecule has 1 aliphatic rings. The lowest BCUT2D eigenvalue weighted by Gasteiger charge is -2.36. The van der Waals surface area contributed by atoms with Crippen LogP contribution in [0.1, 0.15) is 23.9 Å². The van der Waals surface area contributed by atoms with E-state index in [1.807, 2.05) is 12.1 Å². The van der Waals surface area contributed by atoms with Crippen molar-refractivity contribution in [3.63, 3.8) is 0 Å². The molecule has 24 heavy (non-hydrogen) atoms. The molecule has 1 N–H and O–H groups in total. The van der Waals surface area contributed by atoms with Crippen LogP contribution in [0.4, 0.5) is 5.69 Å². The van der Waals surface area contributed by atoms with E-state index in [9.17, 15) is 8.42 Å². The number of aromatic amines is 1. The van der Waals surface area contributed by atoms with Crippen LogP contribution in [-0.4, -0.2) is 49.1 Å². The van der Waals surface area contributed by atoms with Crippen molar-refractivity contribution in [1.82, 2.24) is 14.5 Å². The number of para-hydroxylation sites is 1. The maximum atomic E-state index is 12.9. The van der Waals surface area contributed by atoms with E-state index in [-0.39, 0.29) is 0 Å². The number of H-pyrrole nitrogens is 1. The highest BCUT2D eigenvalue weighted by molar-refractivity contribution is 7.89. The SMILES string of the molecule is CCc1ccccc1N1CCN(S(=O)(=O)c2c(C)n[nH]c2C)CC1. The van der Waals surface area contributed by atoms with Crippen molar-refractivity contribution < 1.29 is 8.42 Å². The number of nitrogens with zero attached hydrogens (tertiary/aromatic N) is 3. The average Bonchev–Trinajstić information content (AvgIpc) is 2.94. The Morgan fingerprint density at radius 1 is 1.12 bits per heavy atom. The van der Waals surface area contributed by atoms with E-state index in [4.69, 9.17) is 0 Å². The molecule has 0 aliphatic carbocycles. The Morgan fingerprint density at radius 3 is 2.38 bits per heavy atom. The molecule has 1 aromatic heterocycles. The maximum absolute atomic E-state index is 12.9. The van der Waals surface area contributed by atoms with Gasteiger partial charge in [0.25, 0.3) is 0 Å². The molecule has 7 heteroatoms. The number of hydrogen-bond acceptors (Lipinski definition) is 4. The van der Waals surface area contributed by atoms with E-state index < -0.39 is 10.0 Å². The molecule has 2 aromatic rings. The Labute approximate surface area is 143 Å². The highest BCUT2D eigenvalue weighted by Gasteiger charge is 2.32. The van der Waals surface area contributed by atoms with Gasteiger partial charge < -0.3 is 4.90 Å². The normalized spacial score (nSPS) is 16.5. The zero-order valence-electron chi connectivity index (χ0n) is 14.4. The van der Waals surface area contributed by atoms with Crippen molar-refractivity contribution in [1.29, 1.82) is 0 Å². The molecule has 0 spiro atoms. The molecular formula is C17H24N4O2S. The van der Waals surface area contributed by atoms with E-state index in [1.165, 1.54) is 11.3 Å². The van der Waals surface area contributed by atoms with Gasteiger partial charge in [0.05, 0.1) is 11.4 Å². The number of nitrogens with one attached hydrogen (secondary N) is 1. The molecule has 1 fully saturated rings. The lowest BCUT2D eigenvalue weighted by Crippen LogP contribution is -2.49. The minimum atomic E-state index is -3.49. The molecule has 0 saturated carbocycles. The second-order valence-electron chi connectivity index (χ2n) is 6.14. The predicted molar refractivity (Wildman–Crippen MR) is 94.9 cm³/mol. The monoisotopic (exact) mass is 348 g/mol. The topological polar surface area (TPSA) is 69.3 Å². The number of piperazine rings is 1. The van der Waals surface area contributed by atoms with Gasteiger partial charge in [0.1, 0.15) is 4.90 Å². The number of aromatic nitrogens is 2. The first-order chi connectivity index (χ1) is 11.4. The molecule has 0 unspecified atom stereocenters. The van der Waals surface area contributed by atoms with Crippen LogP contribution in [0.3, 0.4) is 0 Å². The van der Waals surface area contributed by atoms with Crippen LogP contribution in [0.15, 0.2) is 29.2 Å². The third kappa shape index (κ3) is 2.93. The molecule has 0 amide bonds. The van der Waals surface area contributed by atoms with Crippen LogP contribution in [-0.2, 0) is 16.4 Å². The number of rotatable bonds is 4. The quantitative estimate of drug-likeness (QED) is 0.919. The summed E-state index contributed by atoms with van der Waals surface area (Å²) in [5.41, 5.74) is 3.65. The van der Waals surface area contributed by atoms with Gasteiger partial charge in [-0.2, -0.15) is 9.40 Å². The second-order valence-corrected chi connectivity index (χ2v) is 8.01. The minimum absolute atomic E-state index is 0.324. The van der Waals surface area contributed by atoms with Crippen molar-refractivity contribution in [2.24, 2.45) is 0 Å². The van der Waals surface area contributed by atoms with Gasteiger partial charge in [0.2, 0.25) is 10.0 Å². The number of sulfonamides is 1. The molecular weight excluding hydrogens is 324 g/mol. The van der Waals surface area contributed by atoms with Crippen molar-refractivity contribution in [3.8, 4) is 0 Å². The van der Waals surface area contributed by atoms with Crippen LogP contribution in [0.2, 0.25) is 0 Å². The molecule has 1 saturated heterocycles. The largest absolute Gasteiger partial charge is 0.369 e. The summed E-state index contributed by atoms with van der Waals surface area (Å²) >= 11 is 0. The maximum Gasteiger partial charge on any atom is 0.246 e. The van der Waals surface area contributed by atoms with Crippen molar-refractivity contribution in [3.05, 3.63) is 41.2 Å². The summed E-state index contributed by atoms with van der Waals surface area (Å²) in [4.78, 5) is 2.60. The Bertz CT molecular complexity index is 801. The number of hydrogen-bond donors (Lipinski definition) is 1. The summed E-state index contributed by atoms with van der Waals surface area (Å²) in [5.74, 6) is 0. The zero-order valence-corrected chi connectivity index (χ0v) is 15.2. The van der Waals surface area contributed by atoms with Crippen molar-refractivity contribution in [2.45, 2.75) is 32.1 Å². The summed E-state index contributed by atoms with van der Waals surface area (Å²) in [6, 6.07) is 8.34. The van der Waals surface area contributed by atoms with Gasteiger partial charge in [-0.15, -0.1) is 0 Å². The van der Waals surface area contributed by atoms with Crippen LogP contribution < -0.4 is 4.90 Å². The molecule has 1 aliphatic heterocycles. The number of aryl methyl sites for hydroxylation is 3. The van der Waals surface area contributed by atoms with E-state index >= 15 is 0 Å². The summed E-state index contributed by atoms with van der Waals surface area (Å²) in [6.07, 6.45) is 0.974. The fourth-order valence-corrected chi connectivity index (χ4v) is 5.09. The average molecular weight is 348 g/mol. The summed E-state index contributed by atoms with van der Waals surface area (Å²) in [5, 5.41) is 6.79. The van der Waals surface area contributed by atoms with Crippen LogP contribution in [0, 0.1) is 13.8 Å². The van der Waals surface area contributed by atoms with E-state index in [0.717, 1.165) is 6.42 Å². The van der Waals surface area contributed by atoms with Gasteiger partial charge in [-0.25, -0.2) is 8.42 Å². The molecule has 0 atom stereocenters. The fourth-order valence-electron chi connectivity index (χ4n) is 3.34. The van der Waals surface area contributed by atoms with Gasteiger partial charge >= 0.3 is 0 Å². The Hall–Kier alpha value is -1.86. The molecule has 3 rings (SSSR count). The Morgan fingerprint density at radius 2 is 1.79 bits per heavy atom. The smallest absolute Gasteiger partial charge is 0.246 e. The van der Waals surface area contributed by atoms with E-state index in [0.29, 0.717) is 42.5 Å². The van der Waals surface area contributed by atoms with Crippen LogP contribution >= 0.6 is 0 Å². The third-order valence-corrected chi connectivity index (χ3v) is 6.77. The summed E-state index contributed by atoms with van der Waals surface area (Å²) < 4.78 is 27.4. The lowest BCUT2D eigenvalue weighted by atomic mass is 10.1. The van der Waals surface area contributed by atoms with Gasteiger partial charge in [0, 0.05) is 31.9 Å². The minimum Gasteiger partial charge on any atom is -0.369 e. The summed E-state index contributed by atoms with van der Waals surface area (Å²) in [7, 11) is -3.49. The molecule has 130 valence electrons. The van der Waals surface area contributed by atoms with Gasteiger partial charge in [-0.1, -0.05) is 25.1 Å². The summed E-state index contributed by atoms with van der Waals surface area (Å²) in [6.45, 7) is 8.00. The number of benzene rings is 1. The highest BCUT2D eigenvalue weighted by atomic mass is 32.2. The van der Waals surface area contributed by atoms with Crippen LogP contribution in [0.5, 0.6) is 0 Å². The Kier molecular flexibility index (Phi) is 4.64. The van der Waals surface area contributed by atoms with E-state index in [2.05, 4.69) is 34.2 Å². The molecule has 6 nitrogen and oxygen atoms in total. The molecule has 1 aromatic carbocycles. The Balaban J connectivity index is 1.78. The fraction of sp³-hybridized carbons (Fsp3) is 0.471. The first-order valence-electron chi connectivity index (χ1n) is 8.29.